The normalized spacial score (nSPS) is 13.4. The van der Waals surface area contributed by atoms with Crippen molar-refractivity contribution in [1.29, 1.82) is 0 Å². The summed E-state index contributed by atoms with van der Waals surface area (Å²) in [5.41, 5.74) is 3.46. The van der Waals surface area contributed by atoms with Crippen molar-refractivity contribution < 1.29 is 17.9 Å². The van der Waals surface area contributed by atoms with Gasteiger partial charge < -0.3 is 10.1 Å². The van der Waals surface area contributed by atoms with E-state index in [-0.39, 0.29) is 17.3 Å². The van der Waals surface area contributed by atoms with E-state index in [1.165, 1.54) is 13.1 Å². The molecule has 0 saturated carbocycles. The molecule has 26 heavy (non-hydrogen) atoms. The molecule has 0 atom stereocenters. The molecular weight excluding hydrogens is 352 g/mol. The first-order valence-corrected chi connectivity index (χ1v) is 9.81. The van der Waals surface area contributed by atoms with Crippen molar-refractivity contribution in [1.82, 2.24) is 4.31 Å². The molecule has 0 spiro atoms. The van der Waals surface area contributed by atoms with Crippen LogP contribution in [0.1, 0.15) is 16.7 Å². The Morgan fingerprint density at radius 3 is 2.58 bits per heavy atom. The Morgan fingerprint density at radius 2 is 1.88 bits per heavy atom. The molecular formula is C19H22N2O4S. The number of benzene rings is 2. The second-order valence-electron chi connectivity index (χ2n) is 6.44. The lowest BCUT2D eigenvalue weighted by molar-refractivity contribution is -0.116. The van der Waals surface area contributed by atoms with Gasteiger partial charge in [0.15, 0.2) is 0 Å². The number of anilines is 1. The molecule has 138 valence electrons. The van der Waals surface area contributed by atoms with Gasteiger partial charge in [0.2, 0.25) is 15.9 Å². The first-order valence-electron chi connectivity index (χ1n) is 8.37. The van der Waals surface area contributed by atoms with Crippen LogP contribution < -0.4 is 10.1 Å². The highest BCUT2D eigenvalue weighted by atomic mass is 32.2. The molecule has 2 aromatic carbocycles. The topological polar surface area (TPSA) is 75.7 Å². The highest BCUT2D eigenvalue weighted by molar-refractivity contribution is 7.89. The second-order valence-corrected chi connectivity index (χ2v) is 8.49. The number of amides is 1. The van der Waals surface area contributed by atoms with E-state index in [2.05, 4.69) is 5.32 Å². The predicted octanol–water partition coefficient (Wildman–Crippen LogP) is 2.50. The number of ether oxygens (including phenoxy) is 1. The van der Waals surface area contributed by atoms with Gasteiger partial charge in [0.1, 0.15) is 5.75 Å². The molecule has 0 aliphatic carbocycles. The number of hydrogen-bond acceptors (Lipinski definition) is 4. The quantitative estimate of drug-likeness (QED) is 0.872. The van der Waals surface area contributed by atoms with Gasteiger partial charge in [-0.1, -0.05) is 18.2 Å². The minimum atomic E-state index is -3.75. The van der Waals surface area contributed by atoms with Gasteiger partial charge in [-0.05, 0) is 48.7 Å². The van der Waals surface area contributed by atoms with Crippen LogP contribution in [0.25, 0.3) is 0 Å². The summed E-state index contributed by atoms with van der Waals surface area (Å²) in [4.78, 5) is 12.5. The van der Waals surface area contributed by atoms with E-state index in [0.717, 1.165) is 32.4 Å². The maximum Gasteiger partial charge on any atom is 0.243 e. The van der Waals surface area contributed by atoms with Crippen LogP contribution in [0.2, 0.25) is 0 Å². The van der Waals surface area contributed by atoms with Crippen molar-refractivity contribution in [2.75, 3.05) is 25.5 Å². The van der Waals surface area contributed by atoms with E-state index in [9.17, 15) is 13.2 Å². The predicted molar refractivity (Wildman–Crippen MR) is 100 cm³/mol. The van der Waals surface area contributed by atoms with Crippen LogP contribution in [0.15, 0.2) is 41.3 Å². The van der Waals surface area contributed by atoms with Crippen molar-refractivity contribution >= 4 is 21.6 Å². The summed E-state index contributed by atoms with van der Waals surface area (Å²) in [5.74, 6) is 0.345. The molecule has 1 heterocycles. The van der Waals surface area contributed by atoms with Crippen LogP contribution in [0.4, 0.5) is 5.69 Å². The number of nitrogens with zero attached hydrogens (tertiary/aromatic N) is 1. The third-order valence-corrected chi connectivity index (χ3v) is 6.28. The molecule has 1 amide bonds. The fraction of sp³-hybridized carbons (Fsp3) is 0.316. The number of likely N-dealkylation sites (N-methyl/N-ethyl adjacent to an activating group) is 1. The number of hydrogen-bond donors (Lipinski definition) is 1. The van der Waals surface area contributed by atoms with E-state index < -0.39 is 10.0 Å². The van der Waals surface area contributed by atoms with Crippen molar-refractivity contribution in [3.63, 3.8) is 0 Å². The number of para-hydroxylation sites is 1. The average Bonchev–Trinajstić information content (AvgIpc) is 3.06. The molecule has 6 nitrogen and oxygen atoms in total. The van der Waals surface area contributed by atoms with Crippen LogP contribution in [0.3, 0.4) is 0 Å². The summed E-state index contributed by atoms with van der Waals surface area (Å²) in [6.07, 6.45) is 0.690. The third-order valence-electron chi connectivity index (χ3n) is 4.48. The van der Waals surface area contributed by atoms with E-state index in [1.54, 1.807) is 12.1 Å². The SMILES string of the molecule is Cc1cccc(C)c1NC(=O)CN(C)S(=O)(=O)c1ccc2c(c1)CCO2. The van der Waals surface area contributed by atoms with Crippen molar-refractivity contribution in [2.24, 2.45) is 0 Å². The smallest absolute Gasteiger partial charge is 0.243 e. The van der Waals surface area contributed by atoms with E-state index in [0.29, 0.717) is 13.0 Å². The van der Waals surface area contributed by atoms with Gasteiger partial charge in [-0.3, -0.25) is 4.79 Å². The minimum absolute atomic E-state index is 0.170. The fourth-order valence-corrected chi connectivity index (χ4v) is 4.16. The molecule has 0 saturated heterocycles. The van der Waals surface area contributed by atoms with Gasteiger partial charge in [-0.2, -0.15) is 4.31 Å². The molecule has 0 unspecified atom stereocenters. The van der Waals surface area contributed by atoms with Crippen molar-refractivity contribution in [3.8, 4) is 5.75 Å². The van der Waals surface area contributed by atoms with E-state index in [1.807, 2.05) is 32.0 Å². The summed E-state index contributed by atoms with van der Waals surface area (Å²) in [5, 5.41) is 2.81. The van der Waals surface area contributed by atoms with Crippen LogP contribution in [0, 0.1) is 13.8 Å². The Kier molecular flexibility index (Phi) is 5.02. The Labute approximate surface area is 153 Å². The lowest BCUT2D eigenvalue weighted by Crippen LogP contribution is -2.35. The first kappa shape index (κ1) is 18.4. The first-order chi connectivity index (χ1) is 12.3. The number of fused-ring (bicyclic) bond motifs is 1. The van der Waals surface area contributed by atoms with E-state index in [4.69, 9.17) is 4.74 Å². The van der Waals surface area contributed by atoms with Gasteiger partial charge in [-0.25, -0.2) is 8.42 Å². The average molecular weight is 374 g/mol. The highest BCUT2D eigenvalue weighted by Crippen LogP contribution is 2.28. The summed E-state index contributed by atoms with van der Waals surface area (Å²) < 4.78 is 32.0. The van der Waals surface area contributed by atoms with Crippen LogP contribution in [-0.4, -0.2) is 38.8 Å². The highest BCUT2D eigenvalue weighted by Gasteiger charge is 2.25. The zero-order valence-corrected chi connectivity index (χ0v) is 15.9. The molecule has 0 radical (unpaired) electrons. The standard InChI is InChI=1S/C19H22N2O4S/c1-13-5-4-6-14(2)19(13)20-18(22)12-21(3)26(23,24)16-7-8-17-15(11-16)9-10-25-17/h4-8,11H,9-10,12H2,1-3H3,(H,20,22). The molecule has 2 aromatic rings. The maximum absolute atomic E-state index is 12.8. The number of nitrogens with one attached hydrogen (secondary N) is 1. The largest absolute Gasteiger partial charge is 0.493 e. The van der Waals surface area contributed by atoms with Crippen molar-refractivity contribution in [2.45, 2.75) is 25.2 Å². The molecule has 1 N–H and O–H groups in total. The number of carbonyl (C=O) groups is 1. The number of aryl methyl sites for hydroxylation is 2. The second kappa shape index (κ2) is 7.09. The lowest BCUT2D eigenvalue weighted by Gasteiger charge is -2.18. The number of carbonyl (C=O) groups excluding carboxylic acids is 1. The van der Waals surface area contributed by atoms with Crippen molar-refractivity contribution in [3.05, 3.63) is 53.1 Å². The molecule has 7 heteroatoms. The zero-order valence-electron chi connectivity index (χ0n) is 15.1. The summed E-state index contributed by atoms with van der Waals surface area (Å²) >= 11 is 0. The lowest BCUT2D eigenvalue weighted by atomic mass is 10.1. The van der Waals surface area contributed by atoms with Crippen LogP contribution >= 0.6 is 0 Å². The fourth-order valence-electron chi connectivity index (χ4n) is 2.98. The molecule has 1 aliphatic rings. The van der Waals surface area contributed by atoms with Gasteiger partial charge in [-0.15, -0.1) is 0 Å². The summed E-state index contributed by atoms with van der Waals surface area (Å²) in [6, 6.07) is 10.5. The monoisotopic (exact) mass is 374 g/mol. The molecule has 1 aliphatic heterocycles. The van der Waals surface area contributed by atoms with Crippen LogP contribution in [-0.2, 0) is 21.2 Å². The van der Waals surface area contributed by atoms with Gasteiger partial charge in [0, 0.05) is 19.2 Å². The third kappa shape index (κ3) is 3.59. The Morgan fingerprint density at radius 1 is 1.19 bits per heavy atom. The Bertz CT molecular complexity index is 934. The Balaban J connectivity index is 1.74. The van der Waals surface area contributed by atoms with Crippen LogP contribution in [0.5, 0.6) is 5.75 Å². The zero-order chi connectivity index (χ0) is 18.9. The molecule has 3 rings (SSSR count). The summed E-state index contributed by atoms with van der Waals surface area (Å²) in [6.45, 7) is 4.10. The summed E-state index contributed by atoms with van der Waals surface area (Å²) in [7, 11) is -2.35. The minimum Gasteiger partial charge on any atom is -0.493 e. The number of sulfonamides is 1. The maximum atomic E-state index is 12.8. The molecule has 0 bridgehead atoms. The Hall–Kier alpha value is -2.38. The van der Waals surface area contributed by atoms with E-state index >= 15 is 0 Å². The molecule has 0 fully saturated rings. The number of rotatable bonds is 5. The van der Waals surface area contributed by atoms with Gasteiger partial charge in [0.25, 0.3) is 0 Å². The van der Waals surface area contributed by atoms with Gasteiger partial charge >= 0.3 is 0 Å². The van der Waals surface area contributed by atoms with Gasteiger partial charge in [0.05, 0.1) is 18.0 Å². The molecule has 0 aromatic heterocycles.